The first-order valence-corrected chi connectivity index (χ1v) is 9.76. The summed E-state index contributed by atoms with van der Waals surface area (Å²) < 4.78 is 17.6. The maximum atomic E-state index is 12.7. The van der Waals surface area contributed by atoms with Gasteiger partial charge in [-0.25, -0.2) is 0 Å². The van der Waals surface area contributed by atoms with Crippen molar-refractivity contribution in [3.8, 4) is 27.8 Å². The molecule has 0 unspecified atom stereocenters. The molecule has 0 saturated carbocycles. The van der Waals surface area contributed by atoms with Crippen molar-refractivity contribution in [3.05, 3.63) is 47.8 Å². The number of carbonyl (C=O) groups excluding carboxylic acids is 1. The van der Waals surface area contributed by atoms with Crippen LogP contribution in [0.3, 0.4) is 0 Å². The van der Waals surface area contributed by atoms with E-state index >= 15 is 0 Å². The molecular formula is C20H19N5O4S. The van der Waals surface area contributed by atoms with Gasteiger partial charge in [0.15, 0.2) is 17.3 Å². The Labute approximate surface area is 176 Å². The lowest BCUT2D eigenvalue weighted by Crippen LogP contribution is -2.12. The third kappa shape index (κ3) is 3.52. The Bertz CT molecular complexity index is 1190. The first-order chi connectivity index (χ1) is 14.5. The van der Waals surface area contributed by atoms with Gasteiger partial charge in [0.2, 0.25) is 10.7 Å². The summed E-state index contributed by atoms with van der Waals surface area (Å²) in [4.78, 5) is 13.5. The van der Waals surface area contributed by atoms with E-state index in [-0.39, 0.29) is 5.91 Å². The van der Waals surface area contributed by atoms with Crippen LogP contribution < -0.4 is 19.5 Å². The van der Waals surface area contributed by atoms with Crippen LogP contribution in [0.5, 0.6) is 17.2 Å². The molecule has 154 valence electrons. The number of hydrogen-bond acceptors (Lipinski definition) is 8. The monoisotopic (exact) mass is 425 g/mol. The average molecular weight is 425 g/mol. The number of ether oxygens (including phenoxy) is 3. The summed E-state index contributed by atoms with van der Waals surface area (Å²) in [6, 6.07) is 10.6. The molecule has 10 heteroatoms. The third-order valence-electron chi connectivity index (χ3n) is 4.46. The summed E-state index contributed by atoms with van der Waals surface area (Å²) in [5.41, 5.74) is 1.96. The fourth-order valence-electron chi connectivity index (χ4n) is 2.94. The topological polar surface area (TPSA) is 99.9 Å². The molecule has 0 aliphatic heterocycles. The van der Waals surface area contributed by atoms with Crippen LogP contribution in [0, 0.1) is 6.92 Å². The van der Waals surface area contributed by atoms with Gasteiger partial charge in [-0.3, -0.25) is 4.79 Å². The number of aromatic nitrogens is 4. The second kappa shape index (κ2) is 7.99. The van der Waals surface area contributed by atoms with E-state index in [1.165, 1.54) is 32.7 Å². The SMILES string of the molecule is COc1cc(C(=O)Nc2ccc(-c3nn4c(C)nnc4s3)cc2)cc(OC)c1OC. The molecule has 0 spiro atoms. The van der Waals surface area contributed by atoms with E-state index < -0.39 is 0 Å². The highest BCUT2D eigenvalue weighted by Gasteiger charge is 2.17. The first-order valence-electron chi connectivity index (χ1n) is 8.94. The zero-order valence-corrected chi connectivity index (χ0v) is 17.6. The quantitative estimate of drug-likeness (QED) is 0.505. The minimum atomic E-state index is -0.295. The highest BCUT2D eigenvalue weighted by Crippen LogP contribution is 2.38. The van der Waals surface area contributed by atoms with Crippen molar-refractivity contribution in [2.24, 2.45) is 0 Å². The maximum absolute atomic E-state index is 12.7. The number of fused-ring (bicyclic) bond motifs is 1. The van der Waals surface area contributed by atoms with Crippen molar-refractivity contribution in [1.29, 1.82) is 0 Å². The number of anilines is 1. The van der Waals surface area contributed by atoms with Crippen LogP contribution in [-0.4, -0.2) is 47.0 Å². The van der Waals surface area contributed by atoms with Crippen molar-refractivity contribution < 1.29 is 19.0 Å². The number of nitrogens with zero attached hydrogens (tertiary/aromatic N) is 4. The van der Waals surface area contributed by atoms with Gasteiger partial charge in [0.25, 0.3) is 5.91 Å². The fourth-order valence-corrected chi connectivity index (χ4v) is 3.83. The second-order valence-corrected chi connectivity index (χ2v) is 7.25. The van der Waals surface area contributed by atoms with Crippen LogP contribution in [0.2, 0.25) is 0 Å². The van der Waals surface area contributed by atoms with E-state index in [1.807, 2.05) is 31.2 Å². The molecule has 0 aliphatic carbocycles. The Kier molecular flexibility index (Phi) is 5.23. The zero-order chi connectivity index (χ0) is 21.3. The number of carbonyl (C=O) groups is 1. The lowest BCUT2D eigenvalue weighted by atomic mass is 10.1. The van der Waals surface area contributed by atoms with E-state index in [2.05, 4.69) is 20.6 Å². The number of hydrogen-bond donors (Lipinski definition) is 1. The van der Waals surface area contributed by atoms with Gasteiger partial charge in [0.1, 0.15) is 5.01 Å². The third-order valence-corrected chi connectivity index (χ3v) is 5.41. The van der Waals surface area contributed by atoms with Gasteiger partial charge >= 0.3 is 0 Å². The summed E-state index contributed by atoms with van der Waals surface area (Å²) in [6.45, 7) is 1.85. The highest BCUT2D eigenvalue weighted by molar-refractivity contribution is 7.19. The molecule has 2 aromatic heterocycles. The summed E-state index contributed by atoms with van der Waals surface area (Å²) in [6.07, 6.45) is 0. The van der Waals surface area contributed by atoms with Gasteiger partial charge in [-0.15, -0.1) is 10.2 Å². The Morgan fingerprint density at radius 2 is 1.67 bits per heavy atom. The fraction of sp³-hybridized carbons (Fsp3) is 0.200. The number of nitrogens with one attached hydrogen (secondary N) is 1. The molecular weight excluding hydrogens is 406 g/mol. The van der Waals surface area contributed by atoms with Crippen LogP contribution in [0.4, 0.5) is 5.69 Å². The van der Waals surface area contributed by atoms with Gasteiger partial charge < -0.3 is 19.5 Å². The van der Waals surface area contributed by atoms with Gasteiger partial charge in [-0.05, 0) is 43.3 Å². The molecule has 9 nitrogen and oxygen atoms in total. The smallest absolute Gasteiger partial charge is 0.255 e. The van der Waals surface area contributed by atoms with Crippen molar-refractivity contribution in [1.82, 2.24) is 19.8 Å². The molecule has 0 bridgehead atoms. The summed E-state index contributed by atoms with van der Waals surface area (Å²) in [5, 5.41) is 16.3. The number of methoxy groups -OCH3 is 3. The van der Waals surface area contributed by atoms with Crippen molar-refractivity contribution in [3.63, 3.8) is 0 Å². The maximum Gasteiger partial charge on any atom is 0.255 e. The normalized spacial score (nSPS) is 10.8. The minimum Gasteiger partial charge on any atom is -0.493 e. The van der Waals surface area contributed by atoms with Gasteiger partial charge in [0.05, 0.1) is 21.3 Å². The largest absolute Gasteiger partial charge is 0.493 e. The van der Waals surface area contributed by atoms with E-state index in [1.54, 1.807) is 16.6 Å². The molecule has 2 heterocycles. The van der Waals surface area contributed by atoms with Crippen molar-refractivity contribution in [2.45, 2.75) is 6.92 Å². The highest BCUT2D eigenvalue weighted by atomic mass is 32.1. The molecule has 0 saturated heterocycles. The van der Waals surface area contributed by atoms with E-state index in [0.29, 0.717) is 28.5 Å². The lowest BCUT2D eigenvalue weighted by molar-refractivity contribution is 0.102. The molecule has 4 aromatic rings. The molecule has 1 amide bonds. The van der Waals surface area contributed by atoms with Crippen molar-refractivity contribution >= 4 is 27.9 Å². The van der Waals surface area contributed by atoms with Gasteiger partial charge in [-0.1, -0.05) is 11.3 Å². The van der Waals surface area contributed by atoms with E-state index in [4.69, 9.17) is 14.2 Å². The van der Waals surface area contributed by atoms with Crippen molar-refractivity contribution in [2.75, 3.05) is 26.6 Å². The summed E-state index contributed by atoms with van der Waals surface area (Å²) in [7, 11) is 4.52. The Balaban J connectivity index is 1.55. The average Bonchev–Trinajstić information content (AvgIpc) is 3.35. The molecule has 0 radical (unpaired) electrons. The number of benzene rings is 2. The lowest BCUT2D eigenvalue weighted by Gasteiger charge is -2.14. The molecule has 4 rings (SSSR count). The predicted molar refractivity (Wildman–Crippen MR) is 113 cm³/mol. The minimum absolute atomic E-state index is 0.295. The number of rotatable bonds is 6. The molecule has 2 aromatic carbocycles. The van der Waals surface area contributed by atoms with Crippen LogP contribution in [0.25, 0.3) is 15.5 Å². The Hall–Kier alpha value is -3.66. The molecule has 0 aliphatic rings. The zero-order valence-electron chi connectivity index (χ0n) is 16.8. The number of aryl methyl sites for hydroxylation is 1. The standard InChI is InChI=1S/C20H19N5O4S/c1-11-22-23-20-25(11)24-19(30-20)12-5-7-14(8-6-12)21-18(26)13-9-15(27-2)17(29-4)16(10-13)28-3/h5-10H,1-4H3,(H,21,26). The van der Waals surface area contributed by atoms with Gasteiger partial charge in [-0.2, -0.15) is 9.61 Å². The second-order valence-electron chi connectivity index (χ2n) is 6.29. The van der Waals surface area contributed by atoms with Crippen LogP contribution in [0.1, 0.15) is 16.2 Å². The van der Waals surface area contributed by atoms with E-state index in [9.17, 15) is 4.79 Å². The van der Waals surface area contributed by atoms with Crippen LogP contribution in [0.15, 0.2) is 36.4 Å². The molecule has 30 heavy (non-hydrogen) atoms. The van der Waals surface area contributed by atoms with Crippen LogP contribution >= 0.6 is 11.3 Å². The molecule has 1 N–H and O–H groups in total. The Morgan fingerprint density at radius 3 is 2.23 bits per heavy atom. The molecule has 0 fully saturated rings. The Morgan fingerprint density at radius 1 is 1.00 bits per heavy atom. The summed E-state index contributed by atoms with van der Waals surface area (Å²) in [5.74, 6) is 1.70. The number of amides is 1. The van der Waals surface area contributed by atoms with E-state index in [0.717, 1.165) is 21.4 Å². The summed E-state index contributed by atoms with van der Waals surface area (Å²) >= 11 is 1.45. The van der Waals surface area contributed by atoms with Crippen LogP contribution in [-0.2, 0) is 0 Å². The first kappa shape index (κ1) is 19.6. The van der Waals surface area contributed by atoms with Gasteiger partial charge in [0, 0.05) is 16.8 Å². The molecule has 0 atom stereocenters. The predicted octanol–water partition coefficient (Wildman–Crippen LogP) is 3.44.